The van der Waals surface area contributed by atoms with Gasteiger partial charge in [0.25, 0.3) is 0 Å². The van der Waals surface area contributed by atoms with Crippen molar-refractivity contribution in [3.8, 4) is 22.8 Å². The summed E-state index contributed by atoms with van der Waals surface area (Å²) in [6.45, 7) is 10.2. The number of hydrogen-bond acceptors (Lipinski definition) is 2. The first-order chi connectivity index (χ1) is 13.6. The molecule has 0 aliphatic heterocycles. The zero-order chi connectivity index (χ0) is 19.9. The predicted molar refractivity (Wildman–Crippen MR) is 119 cm³/mol. The summed E-state index contributed by atoms with van der Waals surface area (Å²) in [5.74, 6) is 1.58. The second-order valence-corrected chi connectivity index (χ2v) is 6.76. The van der Waals surface area contributed by atoms with Crippen LogP contribution in [0.2, 0.25) is 0 Å². The maximum absolute atomic E-state index is 6.14. The highest BCUT2D eigenvalue weighted by molar-refractivity contribution is 5.79. The van der Waals surface area contributed by atoms with Crippen molar-refractivity contribution < 1.29 is 4.74 Å². The van der Waals surface area contributed by atoms with Gasteiger partial charge in [-0.3, -0.25) is 4.98 Å². The van der Waals surface area contributed by atoms with Gasteiger partial charge in [-0.2, -0.15) is 0 Å². The van der Waals surface area contributed by atoms with Gasteiger partial charge in [0, 0.05) is 11.8 Å². The highest BCUT2D eigenvalue weighted by Crippen LogP contribution is 2.30. The molecule has 0 aliphatic rings. The molecule has 0 fully saturated rings. The molecule has 2 nitrogen and oxygen atoms in total. The number of hydrogen-bond donors (Lipinski definition) is 0. The van der Waals surface area contributed by atoms with Gasteiger partial charge in [0.2, 0.25) is 0 Å². The Labute approximate surface area is 167 Å². The molecule has 0 saturated carbocycles. The first-order valence-corrected chi connectivity index (χ1v) is 9.37. The van der Waals surface area contributed by atoms with E-state index in [1.54, 1.807) is 0 Å². The lowest BCUT2D eigenvalue weighted by molar-refractivity contribution is 0.483. The van der Waals surface area contributed by atoms with Crippen LogP contribution in [0.25, 0.3) is 16.8 Å². The number of allylic oxidation sites excluding steroid dienone is 5. The third kappa shape index (κ3) is 4.86. The molecule has 28 heavy (non-hydrogen) atoms. The molecule has 3 rings (SSSR count). The van der Waals surface area contributed by atoms with Crippen molar-refractivity contribution in [3.63, 3.8) is 0 Å². The van der Waals surface area contributed by atoms with Crippen molar-refractivity contribution >= 4 is 5.57 Å². The van der Waals surface area contributed by atoms with Crippen LogP contribution >= 0.6 is 0 Å². The number of ether oxygens (including phenoxy) is 1. The first kappa shape index (κ1) is 19.4. The summed E-state index contributed by atoms with van der Waals surface area (Å²) >= 11 is 0. The third-order valence-electron chi connectivity index (χ3n) is 4.34. The highest BCUT2D eigenvalue weighted by Gasteiger charge is 2.06. The molecular formula is C26H25NO. The second-order valence-electron chi connectivity index (χ2n) is 6.76. The Morgan fingerprint density at radius 2 is 1.75 bits per heavy atom. The number of benzene rings is 2. The monoisotopic (exact) mass is 367 g/mol. The fourth-order valence-corrected chi connectivity index (χ4v) is 2.95. The van der Waals surface area contributed by atoms with Gasteiger partial charge >= 0.3 is 0 Å². The van der Waals surface area contributed by atoms with Crippen molar-refractivity contribution in [2.24, 2.45) is 0 Å². The van der Waals surface area contributed by atoms with E-state index in [9.17, 15) is 0 Å². The van der Waals surface area contributed by atoms with Crippen LogP contribution < -0.4 is 4.74 Å². The van der Waals surface area contributed by atoms with Crippen LogP contribution in [0.5, 0.6) is 11.5 Å². The minimum Gasteiger partial charge on any atom is -0.457 e. The molecule has 0 spiro atoms. The highest BCUT2D eigenvalue weighted by atomic mass is 16.5. The van der Waals surface area contributed by atoms with E-state index in [1.807, 2.05) is 80.7 Å². The number of pyridine rings is 1. The standard InChI is InChI=1S/C26H25NO/c1-5-6-13-25(19(2)3)21-9-7-11-23(17-21)28-24-12-8-10-22(18-24)26-16-20(4)14-15-27-26/h5-18H,2H2,1,3-4H3/b6-5-,25-13+. The maximum Gasteiger partial charge on any atom is 0.128 e. The lowest BCUT2D eigenvalue weighted by atomic mass is 9.99. The predicted octanol–water partition coefficient (Wildman–Crippen LogP) is 7.38. The zero-order valence-corrected chi connectivity index (χ0v) is 16.6. The Bertz CT molecular complexity index is 1040. The Morgan fingerprint density at radius 1 is 1.00 bits per heavy atom. The summed E-state index contributed by atoms with van der Waals surface area (Å²) in [4.78, 5) is 4.46. The number of rotatable bonds is 6. The molecule has 1 aromatic heterocycles. The molecule has 1 heterocycles. The smallest absolute Gasteiger partial charge is 0.128 e. The summed E-state index contributed by atoms with van der Waals surface area (Å²) in [5, 5.41) is 0. The van der Waals surface area contributed by atoms with Crippen molar-refractivity contribution in [3.05, 3.63) is 108 Å². The topological polar surface area (TPSA) is 22.1 Å². The Hall–Kier alpha value is -3.39. The van der Waals surface area contributed by atoms with Crippen LogP contribution in [0.4, 0.5) is 0 Å². The van der Waals surface area contributed by atoms with Crippen LogP contribution in [0.3, 0.4) is 0 Å². The van der Waals surface area contributed by atoms with Gasteiger partial charge in [-0.1, -0.05) is 54.6 Å². The van der Waals surface area contributed by atoms with Gasteiger partial charge in [0.05, 0.1) is 5.69 Å². The minimum absolute atomic E-state index is 0.785. The average molecular weight is 367 g/mol. The van der Waals surface area contributed by atoms with E-state index in [4.69, 9.17) is 4.74 Å². The van der Waals surface area contributed by atoms with E-state index in [-0.39, 0.29) is 0 Å². The molecule has 0 saturated heterocycles. The van der Waals surface area contributed by atoms with Crippen molar-refractivity contribution in [2.75, 3.05) is 0 Å². The summed E-state index contributed by atoms with van der Waals surface area (Å²) in [6.07, 6.45) is 7.94. The molecule has 0 unspecified atom stereocenters. The average Bonchev–Trinajstić information content (AvgIpc) is 2.69. The van der Waals surface area contributed by atoms with Gasteiger partial charge in [0.15, 0.2) is 0 Å². The summed E-state index contributed by atoms with van der Waals surface area (Å²) in [7, 11) is 0. The fourth-order valence-electron chi connectivity index (χ4n) is 2.95. The molecular weight excluding hydrogens is 342 g/mol. The van der Waals surface area contributed by atoms with Gasteiger partial charge in [-0.25, -0.2) is 0 Å². The molecule has 0 aliphatic carbocycles. The quantitative estimate of drug-likeness (QED) is 0.424. The molecule has 140 valence electrons. The summed E-state index contributed by atoms with van der Waals surface area (Å²) in [5.41, 5.74) is 6.36. The van der Waals surface area contributed by atoms with Crippen LogP contribution in [0.15, 0.2) is 97.2 Å². The molecule has 0 amide bonds. The van der Waals surface area contributed by atoms with Crippen molar-refractivity contribution in [1.82, 2.24) is 4.98 Å². The van der Waals surface area contributed by atoms with Gasteiger partial charge in [-0.15, -0.1) is 0 Å². The zero-order valence-electron chi connectivity index (χ0n) is 16.6. The lowest BCUT2D eigenvalue weighted by Crippen LogP contribution is -1.90. The molecule has 2 aromatic carbocycles. The SMILES string of the molecule is C=C(C)/C(=C\C=C/C)c1cccc(Oc2cccc(-c3cc(C)ccn3)c2)c1. The van der Waals surface area contributed by atoms with E-state index in [1.165, 1.54) is 5.56 Å². The van der Waals surface area contributed by atoms with Crippen LogP contribution in [-0.4, -0.2) is 4.98 Å². The number of nitrogens with zero attached hydrogens (tertiary/aromatic N) is 1. The van der Waals surface area contributed by atoms with E-state index in [0.717, 1.165) is 39.5 Å². The van der Waals surface area contributed by atoms with Gasteiger partial charge in [-0.05, 0) is 73.9 Å². The largest absolute Gasteiger partial charge is 0.457 e. The fraction of sp³-hybridized carbons (Fsp3) is 0.115. The molecule has 3 aromatic rings. The van der Waals surface area contributed by atoms with Crippen LogP contribution in [0, 0.1) is 6.92 Å². The van der Waals surface area contributed by atoms with E-state index >= 15 is 0 Å². The summed E-state index contributed by atoms with van der Waals surface area (Å²) < 4.78 is 6.14. The molecule has 0 radical (unpaired) electrons. The number of aryl methyl sites for hydroxylation is 1. The summed E-state index contributed by atoms with van der Waals surface area (Å²) in [6, 6.07) is 20.2. The van der Waals surface area contributed by atoms with Crippen LogP contribution in [-0.2, 0) is 0 Å². The van der Waals surface area contributed by atoms with E-state index in [2.05, 4.69) is 36.7 Å². The van der Waals surface area contributed by atoms with Gasteiger partial charge in [0.1, 0.15) is 11.5 Å². The Morgan fingerprint density at radius 3 is 2.46 bits per heavy atom. The minimum atomic E-state index is 0.785. The Kier molecular flexibility index (Phi) is 6.23. The molecule has 2 heteroatoms. The molecule has 0 N–H and O–H groups in total. The van der Waals surface area contributed by atoms with E-state index in [0.29, 0.717) is 0 Å². The van der Waals surface area contributed by atoms with Crippen molar-refractivity contribution in [2.45, 2.75) is 20.8 Å². The Balaban J connectivity index is 1.89. The maximum atomic E-state index is 6.14. The molecule has 0 bridgehead atoms. The normalized spacial score (nSPS) is 11.6. The first-order valence-electron chi connectivity index (χ1n) is 9.37. The lowest BCUT2D eigenvalue weighted by Gasteiger charge is -2.11. The second kappa shape index (κ2) is 9.01. The molecule has 0 atom stereocenters. The van der Waals surface area contributed by atoms with Crippen LogP contribution in [0.1, 0.15) is 25.0 Å². The third-order valence-corrected chi connectivity index (χ3v) is 4.34. The number of aromatic nitrogens is 1. The van der Waals surface area contributed by atoms with Gasteiger partial charge < -0.3 is 4.74 Å². The van der Waals surface area contributed by atoms with E-state index < -0.39 is 0 Å². The van der Waals surface area contributed by atoms with Crippen molar-refractivity contribution in [1.29, 1.82) is 0 Å².